The van der Waals surface area contributed by atoms with Gasteiger partial charge in [-0.2, -0.15) is 0 Å². The van der Waals surface area contributed by atoms with Crippen LogP contribution < -0.4 is 4.72 Å². The van der Waals surface area contributed by atoms with Crippen molar-refractivity contribution < 1.29 is 17.9 Å². The van der Waals surface area contributed by atoms with E-state index in [1.54, 1.807) is 13.0 Å². The van der Waals surface area contributed by atoms with Gasteiger partial charge in [-0.3, -0.25) is 4.79 Å². The van der Waals surface area contributed by atoms with Gasteiger partial charge in [-0.1, -0.05) is 13.8 Å². The molecule has 0 bridgehead atoms. The van der Waals surface area contributed by atoms with Crippen LogP contribution in [0.3, 0.4) is 0 Å². The molecule has 2 heterocycles. The summed E-state index contributed by atoms with van der Waals surface area (Å²) >= 11 is 0. The fraction of sp³-hybridized carbons (Fsp3) is 0.550. The van der Waals surface area contributed by atoms with Crippen LogP contribution in [0.15, 0.2) is 17.0 Å². The quantitative estimate of drug-likeness (QED) is 0.840. The van der Waals surface area contributed by atoms with Crippen LogP contribution in [-0.4, -0.2) is 38.4 Å². The van der Waals surface area contributed by atoms with E-state index in [1.165, 1.54) is 0 Å². The molecule has 0 amide bonds. The van der Waals surface area contributed by atoms with Crippen molar-refractivity contribution in [2.45, 2.75) is 57.5 Å². The van der Waals surface area contributed by atoms with E-state index in [-0.39, 0.29) is 28.7 Å². The van der Waals surface area contributed by atoms with Crippen LogP contribution in [0.5, 0.6) is 0 Å². The number of hydrogen-bond acceptors (Lipinski definition) is 4. The monoisotopic (exact) mass is 390 g/mol. The molecule has 0 radical (unpaired) electrons. The summed E-state index contributed by atoms with van der Waals surface area (Å²) in [6, 6.07) is 3.47. The third kappa shape index (κ3) is 3.44. The van der Waals surface area contributed by atoms with Crippen LogP contribution >= 0.6 is 0 Å². The number of rotatable bonds is 4. The third-order valence-electron chi connectivity index (χ3n) is 5.56. The van der Waals surface area contributed by atoms with E-state index in [0.717, 1.165) is 35.9 Å². The number of benzene rings is 1. The molecule has 1 saturated heterocycles. The van der Waals surface area contributed by atoms with Crippen molar-refractivity contribution >= 4 is 26.7 Å². The SMILES string of the molecule is Cc1cc2c3c([nH]c2cc1S(=O)(=O)NCC1CCCO1)CC(C)(C)CC3=O. The normalized spacial score (nSPS) is 22.3. The van der Waals surface area contributed by atoms with Crippen LogP contribution in [0.1, 0.15) is 54.7 Å². The van der Waals surface area contributed by atoms with Crippen molar-refractivity contribution in [1.29, 1.82) is 0 Å². The summed E-state index contributed by atoms with van der Waals surface area (Å²) in [6.07, 6.45) is 3.08. The van der Waals surface area contributed by atoms with Gasteiger partial charge in [0, 0.05) is 41.7 Å². The third-order valence-corrected chi connectivity index (χ3v) is 7.13. The minimum Gasteiger partial charge on any atom is -0.377 e. The Morgan fingerprint density at radius 2 is 2.07 bits per heavy atom. The highest BCUT2D eigenvalue weighted by Crippen LogP contribution is 2.38. The van der Waals surface area contributed by atoms with Crippen molar-refractivity contribution in [3.8, 4) is 0 Å². The molecule has 1 aliphatic carbocycles. The van der Waals surface area contributed by atoms with Crippen LogP contribution in [0, 0.1) is 12.3 Å². The van der Waals surface area contributed by atoms with Crippen molar-refractivity contribution in [1.82, 2.24) is 9.71 Å². The largest absolute Gasteiger partial charge is 0.377 e. The van der Waals surface area contributed by atoms with Crippen LogP contribution in [0.4, 0.5) is 0 Å². The van der Waals surface area contributed by atoms with Crippen LogP contribution in [-0.2, 0) is 21.2 Å². The number of Topliss-reactive ketones (excluding diaryl/α,β-unsaturated/α-hetero) is 1. The summed E-state index contributed by atoms with van der Waals surface area (Å²) in [7, 11) is -3.64. The summed E-state index contributed by atoms with van der Waals surface area (Å²) in [4.78, 5) is 16.2. The molecule has 2 aliphatic rings. The predicted molar refractivity (Wildman–Crippen MR) is 104 cm³/mol. The number of aromatic amines is 1. The second kappa shape index (κ2) is 6.43. The van der Waals surface area contributed by atoms with Crippen molar-refractivity contribution in [2.24, 2.45) is 5.41 Å². The number of ether oxygens (including phenoxy) is 1. The minimum absolute atomic E-state index is 0.0542. The molecule has 6 nitrogen and oxygen atoms in total. The molecule has 4 rings (SSSR count). The molecule has 0 spiro atoms. The van der Waals surface area contributed by atoms with Crippen molar-refractivity contribution in [2.75, 3.05) is 13.2 Å². The molecule has 7 heteroatoms. The number of sulfonamides is 1. The lowest BCUT2D eigenvalue weighted by molar-refractivity contribution is 0.0913. The first-order valence-electron chi connectivity index (χ1n) is 9.46. The maximum absolute atomic E-state index is 12.8. The van der Waals surface area contributed by atoms with Gasteiger partial charge in [0.1, 0.15) is 0 Å². The highest BCUT2D eigenvalue weighted by Gasteiger charge is 2.34. The summed E-state index contributed by atoms with van der Waals surface area (Å²) < 4.78 is 33.8. The van der Waals surface area contributed by atoms with Gasteiger partial charge < -0.3 is 9.72 Å². The first kappa shape index (κ1) is 18.7. The van der Waals surface area contributed by atoms with E-state index >= 15 is 0 Å². The summed E-state index contributed by atoms with van der Waals surface area (Å²) in [6.45, 7) is 6.91. The molecule has 2 N–H and O–H groups in total. The Morgan fingerprint density at radius 1 is 1.30 bits per heavy atom. The Morgan fingerprint density at radius 3 is 2.78 bits per heavy atom. The topological polar surface area (TPSA) is 88.3 Å². The molecule has 27 heavy (non-hydrogen) atoms. The van der Waals surface area contributed by atoms with Crippen LogP contribution in [0.25, 0.3) is 10.9 Å². The molecule has 1 aromatic heterocycles. The summed E-state index contributed by atoms with van der Waals surface area (Å²) in [5, 5.41) is 0.820. The molecule has 1 unspecified atom stereocenters. The van der Waals surface area contributed by atoms with E-state index in [0.29, 0.717) is 24.1 Å². The minimum atomic E-state index is -3.64. The number of nitrogens with one attached hydrogen (secondary N) is 2. The van der Waals surface area contributed by atoms with Gasteiger partial charge in [-0.15, -0.1) is 0 Å². The number of H-pyrrole nitrogens is 1. The average molecular weight is 391 g/mol. The Labute approximate surface area is 159 Å². The van der Waals surface area contributed by atoms with Crippen molar-refractivity contribution in [3.05, 3.63) is 29.0 Å². The van der Waals surface area contributed by atoms with E-state index in [9.17, 15) is 13.2 Å². The highest BCUT2D eigenvalue weighted by atomic mass is 32.2. The zero-order chi connectivity index (χ0) is 19.4. The number of ketones is 1. The van der Waals surface area contributed by atoms with Gasteiger partial charge in [0.05, 0.1) is 11.0 Å². The second-order valence-corrected chi connectivity index (χ2v) is 10.3. The Hall–Kier alpha value is -1.70. The summed E-state index contributed by atoms with van der Waals surface area (Å²) in [5.41, 5.74) is 2.89. The van der Waals surface area contributed by atoms with E-state index < -0.39 is 10.0 Å². The number of carbonyl (C=O) groups is 1. The van der Waals surface area contributed by atoms with Gasteiger partial charge in [-0.05, 0) is 49.3 Å². The Bertz CT molecular complexity index is 1010. The molecule has 1 aromatic carbocycles. The maximum atomic E-state index is 12.8. The van der Waals surface area contributed by atoms with Gasteiger partial charge in [-0.25, -0.2) is 13.1 Å². The number of carbonyl (C=O) groups excluding carboxylic acids is 1. The van der Waals surface area contributed by atoms with E-state index in [4.69, 9.17) is 4.74 Å². The molecule has 2 aromatic rings. The van der Waals surface area contributed by atoms with Gasteiger partial charge >= 0.3 is 0 Å². The first-order chi connectivity index (χ1) is 12.7. The highest BCUT2D eigenvalue weighted by molar-refractivity contribution is 7.89. The number of fused-ring (bicyclic) bond motifs is 3. The molecule has 1 atom stereocenters. The average Bonchev–Trinajstić information content (AvgIpc) is 3.17. The fourth-order valence-corrected chi connectivity index (χ4v) is 5.59. The van der Waals surface area contributed by atoms with E-state index in [1.807, 2.05) is 6.07 Å². The smallest absolute Gasteiger partial charge is 0.240 e. The van der Waals surface area contributed by atoms with Crippen molar-refractivity contribution in [3.63, 3.8) is 0 Å². The Kier molecular flexibility index (Phi) is 4.44. The lowest BCUT2D eigenvalue weighted by atomic mass is 9.76. The number of hydrogen-bond donors (Lipinski definition) is 2. The van der Waals surface area contributed by atoms with E-state index in [2.05, 4.69) is 23.6 Å². The van der Waals surface area contributed by atoms with Gasteiger partial charge in [0.15, 0.2) is 5.78 Å². The first-order valence-corrected chi connectivity index (χ1v) is 10.9. The second-order valence-electron chi connectivity index (χ2n) is 8.57. The zero-order valence-corrected chi connectivity index (χ0v) is 16.8. The molecule has 1 fully saturated rings. The lowest BCUT2D eigenvalue weighted by Crippen LogP contribution is -2.32. The maximum Gasteiger partial charge on any atom is 0.240 e. The van der Waals surface area contributed by atoms with Gasteiger partial charge in [0.2, 0.25) is 10.0 Å². The number of aromatic nitrogens is 1. The molecule has 0 saturated carbocycles. The lowest BCUT2D eigenvalue weighted by Gasteiger charge is -2.28. The Balaban J connectivity index is 1.71. The van der Waals surface area contributed by atoms with Gasteiger partial charge in [0.25, 0.3) is 0 Å². The molecular formula is C20H26N2O4S. The van der Waals surface area contributed by atoms with Crippen LogP contribution in [0.2, 0.25) is 0 Å². The molecule has 1 aliphatic heterocycles. The summed E-state index contributed by atoms with van der Waals surface area (Å²) in [5.74, 6) is 0.124. The zero-order valence-electron chi connectivity index (χ0n) is 16.0. The molecule has 146 valence electrons. The molecular weight excluding hydrogens is 364 g/mol. The predicted octanol–water partition coefficient (Wildman–Crippen LogP) is 3.09. The number of aryl methyl sites for hydroxylation is 1. The standard InChI is InChI=1S/C20H26N2O4S/c1-12-7-14-15(22-16-9-20(2,3)10-17(23)19(14)16)8-18(12)27(24,25)21-11-13-5-4-6-26-13/h7-8,13,21-22H,4-6,9-11H2,1-3H3. The fourth-order valence-electron chi connectivity index (χ4n) is 4.28.